The number of rotatable bonds is 4. The van der Waals surface area contributed by atoms with E-state index < -0.39 is 0 Å². The molecule has 0 spiro atoms. The van der Waals surface area contributed by atoms with Gasteiger partial charge in [-0.3, -0.25) is 0 Å². The molecule has 2 rings (SSSR count). The quantitative estimate of drug-likeness (QED) is 0.836. The molecule has 3 nitrogen and oxygen atoms in total. The molecule has 4 heteroatoms. The predicted octanol–water partition coefficient (Wildman–Crippen LogP) is 3.01. The van der Waals surface area contributed by atoms with E-state index in [0.717, 1.165) is 35.4 Å². The van der Waals surface area contributed by atoms with Gasteiger partial charge in [0.15, 0.2) is 0 Å². The van der Waals surface area contributed by atoms with Gasteiger partial charge >= 0.3 is 0 Å². The Balaban J connectivity index is 1.80. The van der Waals surface area contributed by atoms with Gasteiger partial charge in [-0.05, 0) is 53.4 Å². The second-order valence-corrected chi connectivity index (χ2v) is 4.94. The van der Waals surface area contributed by atoms with Crippen molar-refractivity contribution in [2.45, 2.75) is 25.4 Å². The number of anilines is 2. The number of nitrogens with two attached hydrogens (primary N) is 1. The Morgan fingerprint density at radius 3 is 3.06 bits per heavy atom. The Morgan fingerprint density at radius 2 is 2.38 bits per heavy atom. The van der Waals surface area contributed by atoms with Crippen molar-refractivity contribution in [1.29, 1.82) is 0 Å². The van der Waals surface area contributed by atoms with Crippen LogP contribution in [0.15, 0.2) is 22.7 Å². The number of nitrogen functional groups attached to an aromatic ring is 1. The summed E-state index contributed by atoms with van der Waals surface area (Å²) < 4.78 is 6.58. The third-order valence-electron chi connectivity index (χ3n) is 2.80. The number of hydrogen-bond acceptors (Lipinski definition) is 3. The van der Waals surface area contributed by atoms with Gasteiger partial charge in [0, 0.05) is 29.0 Å². The molecule has 0 bridgehead atoms. The number of nitrogens with one attached hydrogen (secondary N) is 1. The molecule has 3 N–H and O–H groups in total. The first-order chi connectivity index (χ1) is 7.75. The average molecular weight is 285 g/mol. The van der Waals surface area contributed by atoms with Crippen LogP contribution in [-0.2, 0) is 4.74 Å². The Kier molecular flexibility index (Phi) is 4.07. The molecule has 1 aliphatic rings. The first-order valence-corrected chi connectivity index (χ1v) is 6.45. The lowest BCUT2D eigenvalue weighted by Gasteiger charge is -2.12. The highest BCUT2D eigenvalue weighted by atomic mass is 79.9. The van der Waals surface area contributed by atoms with Crippen molar-refractivity contribution < 1.29 is 4.74 Å². The summed E-state index contributed by atoms with van der Waals surface area (Å²) in [5.41, 5.74) is 7.54. The maximum absolute atomic E-state index is 5.68. The van der Waals surface area contributed by atoms with Crippen LogP contribution in [0.5, 0.6) is 0 Å². The molecule has 0 radical (unpaired) electrons. The third kappa shape index (κ3) is 3.12. The van der Waals surface area contributed by atoms with Crippen molar-refractivity contribution in [2.24, 2.45) is 0 Å². The molecule has 1 fully saturated rings. The van der Waals surface area contributed by atoms with E-state index in [-0.39, 0.29) is 0 Å². The van der Waals surface area contributed by atoms with Crippen LogP contribution in [0.4, 0.5) is 11.4 Å². The van der Waals surface area contributed by atoms with Crippen molar-refractivity contribution in [3.05, 3.63) is 22.7 Å². The number of halogens is 1. The van der Waals surface area contributed by atoms with Crippen LogP contribution in [-0.4, -0.2) is 19.3 Å². The largest absolute Gasteiger partial charge is 0.399 e. The summed E-state index contributed by atoms with van der Waals surface area (Å²) in [6.45, 7) is 1.86. The molecule has 1 aromatic rings. The van der Waals surface area contributed by atoms with E-state index >= 15 is 0 Å². The lowest BCUT2D eigenvalue weighted by Crippen LogP contribution is -2.12. The fraction of sp³-hybridized carbons (Fsp3) is 0.500. The number of hydrogen-bond donors (Lipinski definition) is 2. The Hall–Kier alpha value is -0.740. The molecule has 88 valence electrons. The van der Waals surface area contributed by atoms with Crippen LogP contribution >= 0.6 is 15.9 Å². The third-order valence-corrected chi connectivity index (χ3v) is 3.45. The number of ether oxygens (including phenoxy) is 1. The summed E-state index contributed by atoms with van der Waals surface area (Å²) in [6, 6.07) is 5.81. The van der Waals surface area contributed by atoms with Crippen LogP contribution in [0.25, 0.3) is 0 Å². The topological polar surface area (TPSA) is 47.3 Å². The van der Waals surface area contributed by atoms with Crippen molar-refractivity contribution in [2.75, 3.05) is 24.2 Å². The van der Waals surface area contributed by atoms with Crippen molar-refractivity contribution in [3.8, 4) is 0 Å². The minimum atomic E-state index is 0.444. The van der Waals surface area contributed by atoms with Gasteiger partial charge in [-0.15, -0.1) is 0 Å². The first-order valence-electron chi connectivity index (χ1n) is 5.66. The maximum atomic E-state index is 5.68. The molecular weight excluding hydrogens is 268 g/mol. The summed E-state index contributed by atoms with van der Waals surface area (Å²) in [5.74, 6) is 0. The van der Waals surface area contributed by atoms with E-state index in [1.807, 2.05) is 18.2 Å². The van der Waals surface area contributed by atoms with Gasteiger partial charge in [-0.1, -0.05) is 0 Å². The van der Waals surface area contributed by atoms with Crippen LogP contribution in [0, 0.1) is 0 Å². The van der Waals surface area contributed by atoms with E-state index in [9.17, 15) is 0 Å². The van der Waals surface area contributed by atoms with Crippen LogP contribution < -0.4 is 11.1 Å². The normalized spacial score (nSPS) is 19.9. The fourth-order valence-electron chi connectivity index (χ4n) is 1.91. The highest BCUT2D eigenvalue weighted by Gasteiger charge is 2.14. The summed E-state index contributed by atoms with van der Waals surface area (Å²) in [6.07, 6.45) is 3.91. The molecule has 1 aromatic carbocycles. The van der Waals surface area contributed by atoms with Gasteiger partial charge in [0.2, 0.25) is 0 Å². The van der Waals surface area contributed by atoms with Gasteiger partial charge < -0.3 is 15.8 Å². The molecule has 0 aliphatic carbocycles. The zero-order valence-corrected chi connectivity index (χ0v) is 10.8. The minimum Gasteiger partial charge on any atom is -0.399 e. The van der Waals surface area contributed by atoms with Crippen LogP contribution in [0.3, 0.4) is 0 Å². The standard InChI is InChI=1S/C12H17BrN2O/c13-11-8-9(14)3-4-12(11)15-6-5-10-2-1-7-16-10/h3-4,8,10,15H,1-2,5-7,14H2. The van der Waals surface area contributed by atoms with E-state index in [1.165, 1.54) is 12.8 Å². The summed E-state index contributed by atoms with van der Waals surface area (Å²) >= 11 is 3.49. The maximum Gasteiger partial charge on any atom is 0.0592 e. The summed E-state index contributed by atoms with van der Waals surface area (Å²) in [7, 11) is 0. The van der Waals surface area contributed by atoms with Crippen LogP contribution in [0.2, 0.25) is 0 Å². The molecule has 16 heavy (non-hydrogen) atoms. The monoisotopic (exact) mass is 284 g/mol. The van der Waals surface area contributed by atoms with Gasteiger partial charge in [-0.2, -0.15) is 0 Å². The second-order valence-electron chi connectivity index (χ2n) is 4.09. The minimum absolute atomic E-state index is 0.444. The lowest BCUT2D eigenvalue weighted by molar-refractivity contribution is 0.107. The highest BCUT2D eigenvalue weighted by molar-refractivity contribution is 9.10. The lowest BCUT2D eigenvalue weighted by atomic mass is 10.2. The SMILES string of the molecule is Nc1ccc(NCCC2CCCO2)c(Br)c1. The van der Waals surface area contributed by atoms with E-state index in [0.29, 0.717) is 6.10 Å². The summed E-state index contributed by atoms with van der Waals surface area (Å²) in [5, 5.41) is 3.38. The van der Waals surface area contributed by atoms with Gasteiger partial charge in [-0.25, -0.2) is 0 Å². The van der Waals surface area contributed by atoms with E-state index in [1.54, 1.807) is 0 Å². The Labute approximate surface area is 104 Å². The summed E-state index contributed by atoms with van der Waals surface area (Å²) in [4.78, 5) is 0. The number of benzene rings is 1. The van der Waals surface area contributed by atoms with Crippen molar-refractivity contribution in [1.82, 2.24) is 0 Å². The second kappa shape index (κ2) is 5.55. The van der Waals surface area contributed by atoms with Gasteiger partial charge in [0.1, 0.15) is 0 Å². The molecular formula is C12H17BrN2O. The first kappa shape index (κ1) is 11.7. The molecule has 0 aromatic heterocycles. The van der Waals surface area contributed by atoms with E-state index in [4.69, 9.17) is 10.5 Å². The molecule has 0 amide bonds. The molecule has 1 aliphatic heterocycles. The van der Waals surface area contributed by atoms with E-state index in [2.05, 4.69) is 21.2 Å². The highest BCUT2D eigenvalue weighted by Crippen LogP contribution is 2.25. The Bertz CT molecular complexity index is 351. The van der Waals surface area contributed by atoms with Gasteiger partial charge in [0.25, 0.3) is 0 Å². The van der Waals surface area contributed by atoms with Crippen molar-refractivity contribution >= 4 is 27.3 Å². The zero-order valence-electron chi connectivity index (χ0n) is 9.21. The Morgan fingerprint density at radius 1 is 1.50 bits per heavy atom. The molecule has 0 saturated carbocycles. The molecule has 1 saturated heterocycles. The van der Waals surface area contributed by atoms with Crippen molar-refractivity contribution in [3.63, 3.8) is 0 Å². The fourth-order valence-corrected chi connectivity index (χ4v) is 2.45. The zero-order chi connectivity index (χ0) is 11.4. The average Bonchev–Trinajstić information content (AvgIpc) is 2.74. The molecule has 1 unspecified atom stereocenters. The predicted molar refractivity (Wildman–Crippen MR) is 70.6 cm³/mol. The molecule has 1 atom stereocenters. The smallest absolute Gasteiger partial charge is 0.0592 e. The molecule has 1 heterocycles. The van der Waals surface area contributed by atoms with Crippen LogP contribution in [0.1, 0.15) is 19.3 Å². The van der Waals surface area contributed by atoms with Gasteiger partial charge in [0.05, 0.1) is 6.10 Å².